The maximum Gasteiger partial charge on any atom is 0.146 e. The van der Waals surface area contributed by atoms with Crippen LogP contribution in [0.4, 0.5) is 0 Å². The summed E-state index contributed by atoms with van der Waals surface area (Å²) in [5.74, 6) is 0.902. The normalized spacial score (nSPS) is 14.5. The molecule has 3 heterocycles. The number of ether oxygens (including phenoxy) is 1. The fourth-order valence-corrected chi connectivity index (χ4v) is 3.96. The van der Waals surface area contributed by atoms with Gasteiger partial charge in [-0.05, 0) is 49.6 Å². The van der Waals surface area contributed by atoms with Gasteiger partial charge < -0.3 is 4.74 Å². The number of aromatic nitrogens is 2. The van der Waals surface area contributed by atoms with E-state index in [1.807, 2.05) is 36.8 Å². The molecule has 0 saturated heterocycles. The van der Waals surface area contributed by atoms with Crippen molar-refractivity contribution in [3.8, 4) is 5.75 Å². The summed E-state index contributed by atoms with van der Waals surface area (Å²) in [6, 6.07) is 6.09. The van der Waals surface area contributed by atoms with Crippen LogP contribution >= 0.6 is 0 Å². The zero-order valence-electron chi connectivity index (χ0n) is 19.4. The first-order valence-electron chi connectivity index (χ1n) is 12.3. The van der Waals surface area contributed by atoms with Crippen LogP contribution in [0.5, 0.6) is 5.75 Å². The average Bonchev–Trinajstić information content (AvgIpc) is 3.53. The molecular weight excluding hydrogens is 382 g/mol. The summed E-state index contributed by atoms with van der Waals surface area (Å²) in [5, 5.41) is 0. The molecule has 0 unspecified atom stereocenters. The fraction of sp³-hybridized carbons (Fsp3) is 0.519. The minimum atomic E-state index is 0.717. The van der Waals surface area contributed by atoms with Crippen molar-refractivity contribution in [1.82, 2.24) is 9.35 Å². The molecule has 31 heavy (non-hydrogen) atoms. The molecule has 3 rings (SSSR count). The van der Waals surface area contributed by atoms with Crippen LogP contribution in [-0.4, -0.2) is 21.7 Å². The largest absolute Gasteiger partial charge is 0.491 e. The molecule has 4 heteroatoms. The SMILES string of the molecule is CCCCCCCCCCCC1=NC(=Cc2c(OCCC)ccn2-n2cccc2)C=C1. The van der Waals surface area contributed by atoms with E-state index >= 15 is 0 Å². The fourth-order valence-electron chi connectivity index (χ4n) is 3.96. The second kappa shape index (κ2) is 13.0. The van der Waals surface area contributed by atoms with Crippen molar-refractivity contribution in [2.75, 3.05) is 6.61 Å². The maximum absolute atomic E-state index is 5.98. The van der Waals surface area contributed by atoms with E-state index < -0.39 is 0 Å². The highest BCUT2D eigenvalue weighted by Crippen LogP contribution is 2.26. The van der Waals surface area contributed by atoms with E-state index in [0.717, 1.165) is 36.6 Å². The predicted octanol–water partition coefficient (Wildman–Crippen LogP) is 7.66. The van der Waals surface area contributed by atoms with Gasteiger partial charge in [0.2, 0.25) is 0 Å². The van der Waals surface area contributed by atoms with Crippen molar-refractivity contribution in [3.05, 3.63) is 60.3 Å². The highest BCUT2D eigenvalue weighted by atomic mass is 16.5. The van der Waals surface area contributed by atoms with E-state index in [-0.39, 0.29) is 0 Å². The Morgan fingerprint density at radius 1 is 0.839 bits per heavy atom. The van der Waals surface area contributed by atoms with Gasteiger partial charge in [0.1, 0.15) is 11.4 Å². The number of unbranched alkanes of at least 4 members (excludes halogenated alkanes) is 8. The molecule has 0 bridgehead atoms. The van der Waals surface area contributed by atoms with Crippen LogP contribution in [0.25, 0.3) is 6.08 Å². The Balaban J connectivity index is 1.52. The van der Waals surface area contributed by atoms with Crippen molar-refractivity contribution >= 4 is 11.8 Å². The van der Waals surface area contributed by atoms with E-state index in [4.69, 9.17) is 9.73 Å². The van der Waals surface area contributed by atoms with Crippen molar-refractivity contribution in [2.45, 2.75) is 84.5 Å². The van der Waals surface area contributed by atoms with Crippen LogP contribution in [0.2, 0.25) is 0 Å². The first kappa shape index (κ1) is 23.2. The number of hydrogen-bond donors (Lipinski definition) is 0. The van der Waals surface area contributed by atoms with Crippen LogP contribution in [0, 0.1) is 0 Å². The summed E-state index contributed by atoms with van der Waals surface area (Å²) in [6.07, 6.45) is 26.8. The third-order valence-electron chi connectivity index (χ3n) is 5.71. The Kier molecular flexibility index (Phi) is 9.75. The topological polar surface area (TPSA) is 31.4 Å². The smallest absolute Gasteiger partial charge is 0.146 e. The van der Waals surface area contributed by atoms with Gasteiger partial charge in [-0.2, -0.15) is 0 Å². The molecule has 0 N–H and O–H groups in total. The average molecular weight is 422 g/mol. The van der Waals surface area contributed by atoms with Crippen LogP contribution in [-0.2, 0) is 0 Å². The van der Waals surface area contributed by atoms with Gasteiger partial charge in [-0.1, -0.05) is 65.2 Å². The van der Waals surface area contributed by atoms with Gasteiger partial charge in [0, 0.05) is 30.4 Å². The van der Waals surface area contributed by atoms with Crippen molar-refractivity contribution < 1.29 is 4.74 Å². The summed E-state index contributed by atoms with van der Waals surface area (Å²) in [6.45, 7) is 5.12. The number of rotatable bonds is 15. The summed E-state index contributed by atoms with van der Waals surface area (Å²) >= 11 is 0. The van der Waals surface area contributed by atoms with E-state index in [9.17, 15) is 0 Å². The standard InChI is InChI=1S/C27H39N3O/c1-3-5-6-7-8-9-10-11-12-15-24-16-17-25(28-24)23-26-27(31-22-4-2)18-21-30(26)29-19-13-14-20-29/h13-14,16-21,23H,3-12,15,22H2,1-2H3. The van der Waals surface area contributed by atoms with Gasteiger partial charge in [0.25, 0.3) is 0 Å². The Morgan fingerprint density at radius 3 is 2.26 bits per heavy atom. The van der Waals surface area contributed by atoms with Gasteiger partial charge >= 0.3 is 0 Å². The first-order valence-corrected chi connectivity index (χ1v) is 12.3. The lowest BCUT2D eigenvalue weighted by Gasteiger charge is -2.10. The van der Waals surface area contributed by atoms with E-state index in [0.29, 0.717) is 0 Å². The van der Waals surface area contributed by atoms with Gasteiger partial charge in [0.15, 0.2) is 0 Å². The molecule has 168 valence electrons. The lowest BCUT2D eigenvalue weighted by molar-refractivity contribution is 0.316. The van der Waals surface area contributed by atoms with Crippen LogP contribution < -0.4 is 4.74 Å². The Hall–Kier alpha value is -2.49. The van der Waals surface area contributed by atoms with E-state index in [2.05, 4.69) is 41.4 Å². The monoisotopic (exact) mass is 421 g/mol. The van der Waals surface area contributed by atoms with Crippen molar-refractivity contribution in [3.63, 3.8) is 0 Å². The van der Waals surface area contributed by atoms with Crippen LogP contribution in [0.1, 0.15) is 90.2 Å². The minimum Gasteiger partial charge on any atom is -0.491 e. The predicted molar refractivity (Wildman–Crippen MR) is 132 cm³/mol. The molecule has 0 amide bonds. The summed E-state index contributed by atoms with van der Waals surface area (Å²) < 4.78 is 10.1. The number of nitrogens with zero attached hydrogens (tertiary/aromatic N) is 3. The molecular formula is C27H39N3O. The maximum atomic E-state index is 5.98. The second-order valence-corrected chi connectivity index (χ2v) is 8.41. The third-order valence-corrected chi connectivity index (χ3v) is 5.71. The first-order chi connectivity index (χ1) is 15.3. The molecule has 0 spiro atoms. The molecule has 4 nitrogen and oxygen atoms in total. The molecule has 2 aromatic rings. The van der Waals surface area contributed by atoms with Crippen molar-refractivity contribution in [2.24, 2.45) is 4.99 Å². The molecule has 1 aliphatic heterocycles. The number of hydrogen-bond acceptors (Lipinski definition) is 2. The minimum absolute atomic E-state index is 0.717. The molecule has 0 fully saturated rings. The molecule has 2 aromatic heterocycles. The summed E-state index contributed by atoms with van der Waals surface area (Å²) in [4.78, 5) is 4.86. The van der Waals surface area contributed by atoms with Gasteiger partial charge in [-0.25, -0.2) is 0 Å². The van der Waals surface area contributed by atoms with Crippen molar-refractivity contribution in [1.29, 1.82) is 0 Å². The summed E-state index contributed by atoms with van der Waals surface area (Å²) in [5.41, 5.74) is 3.22. The molecule has 1 aliphatic rings. The Labute approximate surface area is 188 Å². The van der Waals surface area contributed by atoms with Crippen LogP contribution in [0.15, 0.2) is 59.6 Å². The third kappa shape index (κ3) is 7.30. The molecule has 0 atom stereocenters. The highest BCUT2D eigenvalue weighted by Gasteiger charge is 2.12. The number of aliphatic imine (C=N–C) groups is 1. The quantitative estimate of drug-likeness (QED) is 0.272. The van der Waals surface area contributed by atoms with Gasteiger partial charge in [-0.15, -0.1) is 0 Å². The molecule has 0 saturated carbocycles. The Morgan fingerprint density at radius 2 is 1.55 bits per heavy atom. The highest BCUT2D eigenvalue weighted by molar-refractivity contribution is 5.99. The second-order valence-electron chi connectivity index (χ2n) is 8.41. The van der Waals surface area contributed by atoms with Gasteiger partial charge in [-0.3, -0.25) is 14.3 Å². The molecule has 0 aromatic carbocycles. The van der Waals surface area contributed by atoms with E-state index in [1.54, 1.807) is 0 Å². The zero-order chi connectivity index (χ0) is 21.7. The lowest BCUT2D eigenvalue weighted by atomic mass is 10.1. The Bertz CT molecular complexity index is 855. The zero-order valence-corrected chi connectivity index (χ0v) is 19.4. The molecule has 0 radical (unpaired) electrons. The van der Waals surface area contributed by atoms with Crippen LogP contribution in [0.3, 0.4) is 0 Å². The number of allylic oxidation sites excluding steroid dienone is 2. The summed E-state index contributed by atoms with van der Waals surface area (Å²) in [7, 11) is 0. The molecule has 0 aliphatic carbocycles. The van der Waals surface area contributed by atoms with Gasteiger partial charge in [0.05, 0.1) is 12.3 Å². The lowest BCUT2D eigenvalue weighted by Crippen LogP contribution is -2.07. The van der Waals surface area contributed by atoms with E-state index in [1.165, 1.54) is 63.5 Å².